The molecule has 5 heteroatoms. The molecule has 1 aromatic carbocycles. The van der Waals surface area contributed by atoms with Crippen LogP contribution in [0.5, 0.6) is 5.88 Å². The third-order valence-corrected chi connectivity index (χ3v) is 2.74. The summed E-state index contributed by atoms with van der Waals surface area (Å²) < 4.78 is 6.73. The van der Waals surface area contributed by atoms with Gasteiger partial charge in [0.2, 0.25) is 5.88 Å². The fourth-order valence-corrected chi connectivity index (χ4v) is 1.78. The van der Waals surface area contributed by atoms with E-state index in [4.69, 9.17) is 9.84 Å². The van der Waals surface area contributed by atoms with E-state index in [0.717, 1.165) is 11.3 Å². The molecule has 1 aromatic heterocycles. The standard InChI is InChI=1S/C13H14N2O3/c1-8-4-6-10(7-5-8)15-12(18-3)9(2)11(14-15)13(16)17/h4-7H,1-3H3,(H,16,17). The number of ether oxygens (including phenoxy) is 1. The van der Waals surface area contributed by atoms with Gasteiger partial charge in [-0.25, -0.2) is 9.48 Å². The monoisotopic (exact) mass is 246 g/mol. The first-order valence-electron chi connectivity index (χ1n) is 5.48. The summed E-state index contributed by atoms with van der Waals surface area (Å²) >= 11 is 0. The molecule has 0 unspecified atom stereocenters. The van der Waals surface area contributed by atoms with Crippen LogP contribution in [0.4, 0.5) is 0 Å². The molecule has 2 rings (SSSR count). The smallest absolute Gasteiger partial charge is 0.356 e. The zero-order chi connectivity index (χ0) is 13.3. The number of carboxylic acid groups (broad SMARTS) is 1. The van der Waals surface area contributed by atoms with Gasteiger partial charge in [0.1, 0.15) is 0 Å². The summed E-state index contributed by atoms with van der Waals surface area (Å²) in [4.78, 5) is 11.1. The van der Waals surface area contributed by atoms with Gasteiger partial charge in [-0.3, -0.25) is 0 Å². The van der Waals surface area contributed by atoms with Crippen LogP contribution in [0.15, 0.2) is 24.3 Å². The van der Waals surface area contributed by atoms with Gasteiger partial charge in [-0.05, 0) is 26.0 Å². The van der Waals surface area contributed by atoms with Crippen molar-refractivity contribution in [3.05, 3.63) is 41.1 Å². The lowest BCUT2D eigenvalue weighted by Crippen LogP contribution is -2.02. The number of aromatic carboxylic acids is 1. The minimum Gasteiger partial charge on any atom is -0.481 e. The summed E-state index contributed by atoms with van der Waals surface area (Å²) in [6.45, 7) is 3.66. The molecule has 0 amide bonds. The topological polar surface area (TPSA) is 64.3 Å². The number of methoxy groups -OCH3 is 1. The second kappa shape index (κ2) is 4.52. The first kappa shape index (κ1) is 12.2. The Bertz CT molecular complexity index is 585. The summed E-state index contributed by atoms with van der Waals surface area (Å²) in [5.74, 6) is -0.618. The number of carboxylic acids is 1. The van der Waals surface area contributed by atoms with E-state index >= 15 is 0 Å². The molecular weight excluding hydrogens is 232 g/mol. The molecule has 0 radical (unpaired) electrons. The molecule has 0 bridgehead atoms. The Hall–Kier alpha value is -2.30. The van der Waals surface area contributed by atoms with E-state index < -0.39 is 5.97 Å². The molecule has 1 heterocycles. The fourth-order valence-electron chi connectivity index (χ4n) is 1.78. The van der Waals surface area contributed by atoms with Crippen LogP contribution < -0.4 is 4.74 Å². The molecule has 5 nitrogen and oxygen atoms in total. The van der Waals surface area contributed by atoms with E-state index in [1.165, 1.54) is 11.8 Å². The molecule has 0 saturated heterocycles. The number of hydrogen-bond donors (Lipinski definition) is 1. The van der Waals surface area contributed by atoms with E-state index in [9.17, 15) is 4.79 Å². The molecule has 0 aliphatic rings. The Kier molecular flexibility index (Phi) is 3.06. The van der Waals surface area contributed by atoms with Gasteiger partial charge in [-0.2, -0.15) is 5.10 Å². The Labute approximate surface area is 105 Å². The second-order valence-electron chi connectivity index (χ2n) is 4.04. The molecule has 0 aliphatic heterocycles. The van der Waals surface area contributed by atoms with Gasteiger partial charge in [0.25, 0.3) is 0 Å². The Morgan fingerprint density at radius 2 is 1.89 bits per heavy atom. The number of aromatic nitrogens is 2. The van der Waals surface area contributed by atoms with Crippen LogP contribution in [0.2, 0.25) is 0 Å². The predicted molar refractivity (Wildman–Crippen MR) is 66.5 cm³/mol. The van der Waals surface area contributed by atoms with Crippen molar-refractivity contribution < 1.29 is 14.6 Å². The number of benzene rings is 1. The molecule has 0 saturated carbocycles. The van der Waals surface area contributed by atoms with Crippen molar-refractivity contribution >= 4 is 5.97 Å². The maximum atomic E-state index is 11.1. The van der Waals surface area contributed by atoms with E-state index in [1.54, 1.807) is 6.92 Å². The van der Waals surface area contributed by atoms with Gasteiger partial charge in [0.05, 0.1) is 12.8 Å². The van der Waals surface area contributed by atoms with Gasteiger partial charge in [0, 0.05) is 5.56 Å². The van der Waals surface area contributed by atoms with Crippen LogP contribution in [0, 0.1) is 13.8 Å². The minimum absolute atomic E-state index is 0.00688. The maximum absolute atomic E-state index is 11.1. The van der Waals surface area contributed by atoms with Gasteiger partial charge < -0.3 is 9.84 Å². The molecular formula is C13H14N2O3. The maximum Gasteiger partial charge on any atom is 0.356 e. The summed E-state index contributed by atoms with van der Waals surface area (Å²) in [6.07, 6.45) is 0. The van der Waals surface area contributed by atoms with Crippen molar-refractivity contribution in [2.75, 3.05) is 7.11 Å². The minimum atomic E-state index is -1.06. The Balaban J connectivity index is 2.60. The van der Waals surface area contributed by atoms with Gasteiger partial charge in [-0.15, -0.1) is 0 Å². The van der Waals surface area contributed by atoms with Crippen LogP contribution in [0.3, 0.4) is 0 Å². The van der Waals surface area contributed by atoms with E-state index in [0.29, 0.717) is 11.4 Å². The Morgan fingerprint density at radius 1 is 1.28 bits per heavy atom. The Morgan fingerprint density at radius 3 is 2.39 bits per heavy atom. The predicted octanol–water partition coefficient (Wildman–Crippen LogP) is 2.20. The molecule has 0 atom stereocenters. The molecule has 0 aliphatic carbocycles. The summed E-state index contributed by atoms with van der Waals surface area (Å²) in [5, 5.41) is 13.1. The highest BCUT2D eigenvalue weighted by Crippen LogP contribution is 2.25. The van der Waals surface area contributed by atoms with Crippen LogP contribution in [-0.2, 0) is 0 Å². The lowest BCUT2D eigenvalue weighted by molar-refractivity contribution is 0.0689. The fraction of sp³-hybridized carbons (Fsp3) is 0.231. The SMILES string of the molecule is COc1c(C)c(C(=O)O)nn1-c1ccc(C)cc1. The number of nitrogens with zero attached hydrogens (tertiary/aromatic N) is 2. The van der Waals surface area contributed by atoms with Crippen LogP contribution >= 0.6 is 0 Å². The highest BCUT2D eigenvalue weighted by molar-refractivity contribution is 5.87. The van der Waals surface area contributed by atoms with Crippen LogP contribution in [0.25, 0.3) is 5.69 Å². The molecule has 18 heavy (non-hydrogen) atoms. The molecule has 94 valence electrons. The largest absolute Gasteiger partial charge is 0.481 e. The molecule has 0 spiro atoms. The van der Waals surface area contributed by atoms with Gasteiger partial charge >= 0.3 is 5.97 Å². The van der Waals surface area contributed by atoms with E-state index in [-0.39, 0.29) is 5.69 Å². The number of rotatable bonds is 3. The van der Waals surface area contributed by atoms with Crippen molar-refractivity contribution in [2.24, 2.45) is 0 Å². The van der Waals surface area contributed by atoms with Gasteiger partial charge in [-0.1, -0.05) is 17.7 Å². The van der Waals surface area contributed by atoms with Crippen molar-refractivity contribution in [1.82, 2.24) is 9.78 Å². The first-order chi connectivity index (χ1) is 8.54. The highest BCUT2D eigenvalue weighted by atomic mass is 16.5. The zero-order valence-corrected chi connectivity index (χ0v) is 10.5. The van der Waals surface area contributed by atoms with Crippen molar-refractivity contribution in [3.63, 3.8) is 0 Å². The highest BCUT2D eigenvalue weighted by Gasteiger charge is 2.20. The molecule has 2 aromatic rings. The number of hydrogen-bond acceptors (Lipinski definition) is 3. The lowest BCUT2D eigenvalue weighted by Gasteiger charge is -2.06. The molecule has 0 fully saturated rings. The van der Waals surface area contributed by atoms with E-state index in [2.05, 4.69) is 5.10 Å². The van der Waals surface area contributed by atoms with Gasteiger partial charge in [0.15, 0.2) is 5.69 Å². The van der Waals surface area contributed by atoms with Crippen LogP contribution in [-0.4, -0.2) is 28.0 Å². The van der Waals surface area contributed by atoms with E-state index in [1.807, 2.05) is 31.2 Å². The number of carbonyl (C=O) groups is 1. The average molecular weight is 246 g/mol. The number of aryl methyl sites for hydroxylation is 1. The summed E-state index contributed by atoms with van der Waals surface area (Å²) in [5.41, 5.74) is 2.42. The summed E-state index contributed by atoms with van der Waals surface area (Å²) in [7, 11) is 1.50. The second-order valence-corrected chi connectivity index (χ2v) is 4.04. The van der Waals surface area contributed by atoms with Crippen molar-refractivity contribution in [1.29, 1.82) is 0 Å². The van der Waals surface area contributed by atoms with Crippen molar-refractivity contribution in [3.8, 4) is 11.6 Å². The summed E-state index contributed by atoms with van der Waals surface area (Å²) in [6, 6.07) is 7.62. The lowest BCUT2D eigenvalue weighted by atomic mass is 10.2. The quantitative estimate of drug-likeness (QED) is 0.901. The molecule has 1 N–H and O–H groups in total. The first-order valence-corrected chi connectivity index (χ1v) is 5.48. The third-order valence-electron chi connectivity index (χ3n) is 2.74. The zero-order valence-electron chi connectivity index (χ0n) is 10.5. The normalized spacial score (nSPS) is 10.4. The van der Waals surface area contributed by atoms with Crippen LogP contribution in [0.1, 0.15) is 21.6 Å². The third kappa shape index (κ3) is 1.95. The van der Waals surface area contributed by atoms with Crippen molar-refractivity contribution in [2.45, 2.75) is 13.8 Å². The average Bonchev–Trinajstić information content (AvgIpc) is 2.67.